The minimum Gasteiger partial charge on any atom is -0.363 e. The number of nitrogens with one attached hydrogen (secondary N) is 1. The van der Waals surface area contributed by atoms with Crippen molar-refractivity contribution in [3.8, 4) is 0 Å². The van der Waals surface area contributed by atoms with E-state index in [1.807, 2.05) is 19.2 Å². The zero-order valence-electron chi connectivity index (χ0n) is 14.2. The number of aryl methyl sites for hydroxylation is 1. The topological polar surface area (TPSA) is 42.7 Å². The molecule has 4 nitrogen and oxygen atoms in total. The van der Waals surface area contributed by atoms with Gasteiger partial charge in [-0.15, -0.1) is 5.10 Å². The number of nitrogens with zero attached hydrogens (tertiary/aromatic N) is 3. The Morgan fingerprint density at radius 2 is 1.96 bits per heavy atom. The predicted octanol–water partition coefficient (Wildman–Crippen LogP) is 4.38. The molecule has 124 valence electrons. The fourth-order valence-corrected chi connectivity index (χ4v) is 2.84. The summed E-state index contributed by atoms with van der Waals surface area (Å²) in [6.07, 6.45) is 5.98. The van der Waals surface area contributed by atoms with Crippen molar-refractivity contribution in [2.24, 2.45) is 0 Å². The zero-order chi connectivity index (χ0) is 17.1. The lowest BCUT2D eigenvalue weighted by molar-refractivity contribution is 0.627. The van der Waals surface area contributed by atoms with E-state index < -0.39 is 0 Å². The molecular formula is C19H21FN4. The van der Waals surface area contributed by atoms with Crippen LogP contribution in [0.1, 0.15) is 23.7 Å². The summed E-state index contributed by atoms with van der Waals surface area (Å²) in [5.41, 5.74) is 4.48. The summed E-state index contributed by atoms with van der Waals surface area (Å²) in [5, 5.41) is 12.9. The number of anilines is 1. The van der Waals surface area contributed by atoms with Crippen molar-refractivity contribution < 1.29 is 4.39 Å². The Balaban J connectivity index is 1.98. The molecular weight excluding hydrogens is 303 g/mol. The van der Waals surface area contributed by atoms with Crippen LogP contribution in [0.4, 0.5) is 10.2 Å². The molecule has 0 amide bonds. The standard InChI is InChI=1S/C19H21FN4/c1-4-5-10-24-14(3)13(2)17-12-22-23-19(18(17)24)21-11-15-6-8-16(20)9-7-15/h4-9,12H,10-11H2,1-3H3,(H,21,23)/b5-4+. The minimum absolute atomic E-state index is 0.230. The van der Waals surface area contributed by atoms with Crippen LogP contribution in [0.15, 0.2) is 42.6 Å². The summed E-state index contributed by atoms with van der Waals surface area (Å²) in [6, 6.07) is 6.47. The summed E-state index contributed by atoms with van der Waals surface area (Å²) < 4.78 is 15.3. The van der Waals surface area contributed by atoms with Gasteiger partial charge in [-0.25, -0.2) is 4.39 Å². The van der Waals surface area contributed by atoms with Crippen molar-refractivity contribution in [1.82, 2.24) is 14.8 Å². The third-order valence-corrected chi connectivity index (χ3v) is 4.34. The Kier molecular flexibility index (Phi) is 4.60. The van der Waals surface area contributed by atoms with Crippen LogP contribution in [0, 0.1) is 19.7 Å². The van der Waals surface area contributed by atoms with E-state index in [0.29, 0.717) is 6.54 Å². The van der Waals surface area contributed by atoms with Crippen molar-refractivity contribution in [3.63, 3.8) is 0 Å². The number of fused-ring (bicyclic) bond motifs is 1. The average molecular weight is 324 g/mol. The molecule has 0 saturated carbocycles. The SMILES string of the molecule is C/C=C/Cn1c(C)c(C)c2cnnc(NCc3ccc(F)cc3)c21. The molecule has 0 fully saturated rings. The van der Waals surface area contributed by atoms with Gasteiger partial charge in [0.2, 0.25) is 0 Å². The van der Waals surface area contributed by atoms with Gasteiger partial charge in [-0.1, -0.05) is 24.3 Å². The second kappa shape index (κ2) is 6.83. The number of rotatable bonds is 5. The molecule has 0 aliphatic carbocycles. The molecule has 0 bridgehead atoms. The highest BCUT2D eigenvalue weighted by atomic mass is 19.1. The van der Waals surface area contributed by atoms with Crippen LogP contribution in [0.5, 0.6) is 0 Å². The van der Waals surface area contributed by atoms with E-state index in [4.69, 9.17) is 0 Å². The molecule has 24 heavy (non-hydrogen) atoms. The molecule has 0 saturated heterocycles. The Bertz CT molecular complexity index is 879. The van der Waals surface area contributed by atoms with Gasteiger partial charge in [0.25, 0.3) is 0 Å². The Labute approximate surface area is 141 Å². The molecule has 0 radical (unpaired) electrons. The summed E-state index contributed by atoms with van der Waals surface area (Å²) in [5.74, 6) is 0.518. The maximum absolute atomic E-state index is 13.0. The lowest BCUT2D eigenvalue weighted by Gasteiger charge is -2.10. The van der Waals surface area contributed by atoms with E-state index in [2.05, 4.69) is 40.0 Å². The Morgan fingerprint density at radius 1 is 1.21 bits per heavy atom. The molecule has 0 unspecified atom stereocenters. The number of hydrogen-bond donors (Lipinski definition) is 1. The molecule has 0 aliphatic heterocycles. The molecule has 5 heteroatoms. The Morgan fingerprint density at radius 3 is 2.67 bits per heavy atom. The highest BCUT2D eigenvalue weighted by Crippen LogP contribution is 2.29. The number of benzene rings is 1. The van der Waals surface area contributed by atoms with Gasteiger partial charge in [-0.3, -0.25) is 0 Å². The van der Waals surface area contributed by atoms with Gasteiger partial charge in [0.05, 0.1) is 11.7 Å². The van der Waals surface area contributed by atoms with Crippen LogP contribution < -0.4 is 5.32 Å². The van der Waals surface area contributed by atoms with Gasteiger partial charge < -0.3 is 9.88 Å². The maximum atomic E-state index is 13.0. The summed E-state index contributed by atoms with van der Waals surface area (Å²) in [7, 11) is 0. The second-order valence-corrected chi connectivity index (χ2v) is 5.83. The quantitative estimate of drug-likeness (QED) is 0.708. The van der Waals surface area contributed by atoms with Gasteiger partial charge in [0.15, 0.2) is 5.82 Å². The van der Waals surface area contributed by atoms with E-state index in [1.54, 1.807) is 12.1 Å². The van der Waals surface area contributed by atoms with Crippen molar-refractivity contribution in [2.45, 2.75) is 33.9 Å². The third-order valence-electron chi connectivity index (χ3n) is 4.34. The normalized spacial score (nSPS) is 11.5. The molecule has 0 spiro atoms. The van der Waals surface area contributed by atoms with Crippen LogP contribution in [0.2, 0.25) is 0 Å². The smallest absolute Gasteiger partial charge is 0.173 e. The summed E-state index contributed by atoms with van der Waals surface area (Å²) >= 11 is 0. The van der Waals surface area contributed by atoms with E-state index in [-0.39, 0.29) is 5.82 Å². The van der Waals surface area contributed by atoms with Gasteiger partial charge in [0.1, 0.15) is 5.82 Å². The number of allylic oxidation sites excluding steroid dienone is 2. The fraction of sp³-hybridized carbons (Fsp3) is 0.263. The van der Waals surface area contributed by atoms with Crippen LogP contribution in [-0.2, 0) is 13.1 Å². The molecule has 0 aliphatic rings. The molecule has 3 aromatic rings. The number of hydrogen-bond acceptors (Lipinski definition) is 3. The van der Waals surface area contributed by atoms with Gasteiger partial charge >= 0.3 is 0 Å². The van der Waals surface area contributed by atoms with Crippen LogP contribution >= 0.6 is 0 Å². The molecule has 3 rings (SSSR count). The molecule has 0 atom stereocenters. The summed E-state index contributed by atoms with van der Waals surface area (Å²) in [6.45, 7) is 7.60. The first-order chi connectivity index (χ1) is 11.6. The van der Waals surface area contributed by atoms with E-state index in [1.165, 1.54) is 23.4 Å². The molecule has 1 aromatic carbocycles. The first kappa shape index (κ1) is 16.2. The number of halogens is 1. The molecule has 2 aromatic heterocycles. The predicted molar refractivity (Wildman–Crippen MR) is 95.5 cm³/mol. The first-order valence-corrected chi connectivity index (χ1v) is 8.02. The molecule has 2 heterocycles. The highest BCUT2D eigenvalue weighted by molar-refractivity contribution is 5.92. The van der Waals surface area contributed by atoms with Gasteiger partial charge in [-0.05, 0) is 44.0 Å². The van der Waals surface area contributed by atoms with E-state index in [9.17, 15) is 4.39 Å². The van der Waals surface area contributed by atoms with Crippen molar-refractivity contribution in [1.29, 1.82) is 0 Å². The largest absolute Gasteiger partial charge is 0.363 e. The lowest BCUT2D eigenvalue weighted by Crippen LogP contribution is -2.06. The second-order valence-electron chi connectivity index (χ2n) is 5.83. The summed E-state index contributed by atoms with van der Waals surface area (Å²) in [4.78, 5) is 0. The van der Waals surface area contributed by atoms with E-state index in [0.717, 1.165) is 28.8 Å². The zero-order valence-corrected chi connectivity index (χ0v) is 14.2. The molecule has 1 N–H and O–H groups in total. The fourth-order valence-electron chi connectivity index (χ4n) is 2.84. The minimum atomic E-state index is -0.230. The monoisotopic (exact) mass is 324 g/mol. The lowest BCUT2D eigenvalue weighted by atomic mass is 10.2. The maximum Gasteiger partial charge on any atom is 0.173 e. The van der Waals surface area contributed by atoms with Crippen LogP contribution in [0.3, 0.4) is 0 Å². The van der Waals surface area contributed by atoms with Crippen LogP contribution in [0.25, 0.3) is 10.9 Å². The van der Waals surface area contributed by atoms with E-state index >= 15 is 0 Å². The van der Waals surface area contributed by atoms with Crippen molar-refractivity contribution in [2.75, 3.05) is 5.32 Å². The van der Waals surface area contributed by atoms with Crippen molar-refractivity contribution >= 4 is 16.7 Å². The Hall–Kier alpha value is -2.69. The van der Waals surface area contributed by atoms with Gasteiger partial charge in [-0.2, -0.15) is 5.10 Å². The third kappa shape index (κ3) is 3.02. The van der Waals surface area contributed by atoms with Crippen molar-refractivity contribution in [3.05, 3.63) is 65.3 Å². The van der Waals surface area contributed by atoms with Crippen LogP contribution in [-0.4, -0.2) is 14.8 Å². The first-order valence-electron chi connectivity index (χ1n) is 8.02. The number of aromatic nitrogens is 3. The average Bonchev–Trinajstić information content (AvgIpc) is 2.84. The van der Waals surface area contributed by atoms with Gasteiger partial charge in [0, 0.05) is 24.2 Å². The highest BCUT2D eigenvalue weighted by Gasteiger charge is 2.15.